The number of carboxylic acids is 1. The lowest BCUT2D eigenvalue weighted by Crippen LogP contribution is -2.41. The van der Waals surface area contributed by atoms with Crippen molar-refractivity contribution >= 4 is 5.97 Å². The van der Waals surface area contributed by atoms with Crippen molar-refractivity contribution in [2.24, 2.45) is 0 Å². The average Bonchev–Trinajstić information content (AvgIpc) is 2.38. The Labute approximate surface area is 113 Å². The van der Waals surface area contributed by atoms with E-state index in [1.807, 2.05) is 38.1 Å². The highest BCUT2D eigenvalue weighted by molar-refractivity contribution is 5.83. The van der Waals surface area contributed by atoms with E-state index >= 15 is 0 Å². The van der Waals surface area contributed by atoms with Gasteiger partial charge in [-0.1, -0.05) is 18.2 Å². The van der Waals surface area contributed by atoms with E-state index in [1.165, 1.54) is 0 Å². The van der Waals surface area contributed by atoms with E-state index in [1.54, 1.807) is 0 Å². The Morgan fingerprint density at radius 1 is 1.47 bits per heavy atom. The third-order valence-corrected chi connectivity index (χ3v) is 3.58. The summed E-state index contributed by atoms with van der Waals surface area (Å²) >= 11 is 0. The van der Waals surface area contributed by atoms with Crippen molar-refractivity contribution in [3.63, 3.8) is 0 Å². The summed E-state index contributed by atoms with van der Waals surface area (Å²) in [4.78, 5) is 11.8. The molecule has 0 saturated carbocycles. The van der Waals surface area contributed by atoms with Crippen molar-refractivity contribution in [3.05, 3.63) is 29.8 Å². The normalized spacial score (nSPS) is 21.8. The van der Waals surface area contributed by atoms with Gasteiger partial charge in [0.15, 0.2) is 0 Å². The third kappa shape index (κ3) is 2.73. The maximum Gasteiger partial charge on any atom is 0.314 e. The zero-order chi connectivity index (χ0) is 13.9. The first-order valence-corrected chi connectivity index (χ1v) is 6.63. The Morgan fingerprint density at radius 3 is 2.89 bits per heavy atom. The predicted molar refractivity (Wildman–Crippen MR) is 71.6 cm³/mol. The lowest BCUT2D eigenvalue weighted by atomic mass is 9.73. The molecule has 0 radical (unpaired) electrons. The van der Waals surface area contributed by atoms with Gasteiger partial charge in [-0.15, -0.1) is 0 Å². The summed E-state index contributed by atoms with van der Waals surface area (Å²) in [5, 5.41) is 9.69. The lowest BCUT2D eigenvalue weighted by Gasteiger charge is -2.35. The fourth-order valence-electron chi connectivity index (χ4n) is 2.52. The Balaban J connectivity index is 2.28. The molecule has 0 aliphatic carbocycles. The van der Waals surface area contributed by atoms with Crippen molar-refractivity contribution in [2.75, 3.05) is 13.2 Å². The second-order valence-corrected chi connectivity index (χ2v) is 5.15. The summed E-state index contributed by atoms with van der Waals surface area (Å²) in [5.74, 6) is -0.115. The van der Waals surface area contributed by atoms with Gasteiger partial charge in [0.2, 0.25) is 0 Å². The number of ether oxygens (including phenoxy) is 2. The molecule has 1 unspecified atom stereocenters. The number of hydrogen-bond acceptors (Lipinski definition) is 3. The molecular weight excluding hydrogens is 244 g/mol. The van der Waals surface area contributed by atoms with Gasteiger partial charge in [0.05, 0.1) is 12.7 Å². The molecular formula is C15H20O4. The summed E-state index contributed by atoms with van der Waals surface area (Å²) in [5.41, 5.74) is -0.120. The molecule has 0 saturated heterocycles. The molecule has 1 aliphatic heterocycles. The van der Waals surface area contributed by atoms with Crippen LogP contribution in [0, 0.1) is 0 Å². The first-order chi connectivity index (χ1) is 9.06. The van der Waals surface area contributed by atoms with E-state index in [2.05, 4.69) is 0 Å². The molecule has 0 amide bonds. The van der Waals surface area contributed by atoms with Gasteiger partial charge in [0.1, 0.15) is 11.2 Å². The molecule has 1 aromatic rings. The molecule has 4 heteroatoms. The Morgan fingerprint density at radius 2 is 2.21 bits per heavy atom. The number of rotatable bonds is 5. The zero-order valence-corrected chi connectivity index (χ0v) is 11.4. The second-order valence-electron chi connectivity index (χ2n) is 5.15. The number of aliphatic carboxylic acids is 1. The number of fused-ring (bicyclic) bond motifs is 1. The van der Waals surface area contributed by atoms with Gasteiger partial charge in [0.25, 0.3) is 0 Å². The van der Waals surface area contributed by atoms with Crippen LogP contribution in [-0.2, 0) is 14.9 Å². The topological polar surface area (TPSA) is 55.8 Å². The van der Waals surface area contributed by atoms with Crippen LogP contribution in [0.25, 0.3) is 0 Å². The van der Waals surface area contributed by atoms with Crippen LogP contribution in [0.3, 0.4) is 0 Å². The van der Waals surface area contributed by atoms with Crippen LogP contribution in [0.2, 0.25) is 0 Å². The molecule has 19 heavy (non-hydrogen) atoms. The first kappa shape index (κ1) is 13.9. The van der Waals surface area contributed by atoms with Crippen molar-refractivity contribution in [3.8, 4) is 5.75 Å². The van der Waals surface area contributed by atoms with Crippen LogP contribution in [-0.4, -0.2) is 30.4 Å². The van der Waals surface area contributed by atoms with Crippen LogP contribution in [0.5, 0.6) is 5.75 Å². The Bertz CT molecular complexity index is 455. The Hall–Kier alpha value is -1.55. The minimum absolute atomic E-state index is 0.112. The van der Waals surface area contributed by atoms with Crippen molar-refractivity contribution in [2.45, 2.75) is 38.2 Å². The molecule has 0 spiro atoms. The zero-order valence-electron chi connectivity index (χ0n) is 11.4. The van der Waals surface area contributed by atoms with Gasteiger partial charge in [0, 0.05) is 18.6 Å². The highest BCUT2D eigenvalue weighted by Gasteiger charge is 2.44. The van der Waals surface area contributed by atoms with Gasteiger partial charge in [-0.2, -0.15) is 0 Å². The maximum absolute atomic E-state index is 11.8. The second kappa shape index (κ2) is 5.61. The maximum atomic E-state index is 11.8. The van der Waals surface area contributed by atoms with Crippen LogP contribution in [0.1, 0.15) is 32.3 Å². The SMILES string of the molecule is CC(C)OCCC1(C(=O)O)CCOc2ccccc21. The van der Waals surface area contributed by atoms with Crippen LogP contribution in [0.15, 0.2) is 24.3 Å². The van der Waals surface area contributed by atoms with Crippen LogP contribution < -0.4 is 4.74 Å². The van der Waals surface area contributed by atoms with Gasteiger partial charge in [-0.05, 0) is 26.3 Å². The van der Waals surface area contributed by atoms with E-state index in [0.29, 0.717) is 31.8 Å². The van der Waals surface area contributed by atoms with Crippen molar-refractivity contribution in [1.82, 2.24) is 0 Å². The fourth-order valence-corrected chi connectivity index (χ4v) is 2.52. The summed E-state index contributed by atoms with van der Waals surface area (Å²) in [6, 6.07) is 7.39. The smallest absolute Gasteiger partial charge is 0.314 e. The molecule has 0 fully saturated rings. The van der Waals surface area contributed by atoms with E-state index in [9.17, 15) is 9.90 Å². The molecule has 4 nitrogen and oxygen atoms in total. The highest BCUT2D eigenvalue weighted by atomic mass is 16.5. The summed E-state index contributed by atoms with van der Waals surface area (Å²) in [7, 11) is 0. The number of carbonyl (C=O) groups is 1. The van der Waals surface area contributed by atoms with Gasteiger partial charge in [-0.3, -0.25) is 4.79 Å². The largest absolute Gasteiger partial charge is 0.493 e. The monoisotopic (exact) mass is 264 g/mol. The number of benzene rings is 1. The standard InChI is InChI=1S/C15H20O4/c1-11(2)18-9-7-15(14(16)17)8-10-19-13-6-4-3-5-12(13)15/h3-6,11H,7-10H2,1-2H3,(H,16,17). The van der Waals surface area contributed by atoms with E-state index in [0.717, 1.165) is 5.56 Å². The molecule has 1 aromatic carbocycles. The number of carboxylic acid groups (broad SMARTS) is 1. The summed E-state index contributed by atoms with van der Waals surface area (Å²) in [6.45, 7) is 4.78. The molecule has 104 valence electrons. The summed E-state index contributed by atoms with van der Waals surface area (Å²) in [6.07, 6.45) is 1.07. The van der Waals surface area contributed by atoms with Crippen molar-refractivity contribution < 1.29 is 19.4 Å². The van der Waals surface area contributed by atoms with E-state index < -0.39 is 11.4 Å². The summed E-state index contributed by atoms with van der Waals surface area (Å²) < 4.78 is 11.1. The highest BCUT2D eigenvalue weighted by Crippen LogP contribution is 2.41. The van der Waals surface area contributed by atoms with Gasteiger partial charge in [-0.25, -0.2) is 0 Å². The fraction of sp³-hybridized carbons (Fsp3) is 0.533. The quantitative estimate of drug-likeness (QED) is 0.888. The minimum Gasteiger partial charge on any atom is -0.493 e. The minimum atomic E-state index is -0.885. The van der Waals surface area contributed by atoms with Gasteiger partial charge >= 0.3 is 5.97 Å². The number of hydrogen-bond donors (Lipinski definition) is 1. The van der Waals surface area contributed by atoms with Crippen LogP contribution in [0.4, 0.5) is 0 Å². The van der Waals surface area contributed by atoms with Gasteiger partial charge < -0.3 is 14.6 Å². The molecule has 1 atom stereocenters. The molecule has 1 heterocycles. The molecule has 0 bridgehead atoms. The Kier molecular flexibility index (Phi) is 4.10. The average molecular weight is 264 g/mol. The lowest BCUT2D eigenvalue weighted by molar-refractivity contribution is -0.146. The van der Waals surface area contributed by atoms with E-state index in [-0.39, 0.29) is 6.10 Å². The van der Waals surface area contributed by atoms with Crippen LogP contribution >= 0.6 is 0 Å². The molecule has 2 rings (SSSR count). The molecule has 1 aliphatic rings. The third-order valence-electron chi connectivity index (χ3n) is 3.58. The first-order valence-electron chi connectivity index (χ1n) is 6.63. The number of para-hydroxylation sites is 1. The van der Waals surface area contributed by atoms with Crippen molar-refractivity contribution in [1.29, 1.82) is 0 Å². The van der Waals surface area contributed by atoms with E-state index in [4.69, 9.17) is 9.47 Å². The molecule has 1 N–H and O–H groups in total. The predicted octanol–water partition coefficient (Wildman–Crippen LogP) is 2.61. The molecule has 0 aromatic heterocycles.